The lowest BCUT2D eigenvalue weighted by molar-refractivity contribution is -0.122. The second-order valence-electron chi connectivity index (χ2n) is 6.95. The summed E-state index contributed by atoms with van der Waals surface area (Å²) in [5, 5.41) is 2.86. The summed E-state index contributed by atoms with van der Waals surface area (Å²) in [6, 6.07) is 5.78. The topological polar surface area (TPSA) is 81.7 Å². The van der Waals surface area contributed by atoms with Crippen LogP contribution in [0.2, 0.25) is 0 Å². The lowest BCUT2D eigenvalue weighted by Gasteiger charge is -2.36. The van der Waals surface area contributed by atoms with Gasteiger partial charge in [0.1, 0.15) is 11.9 Å². The van der Waals surface area contributed by atoms with Crippen molar-refractivity contribution in [3.05, 3.63) is 30.1 Å². The molecule has 0 radical (unpaired) electrons. The molecule has 0 spiro atoms. The number of carbonyl (C=O) groups is 1. The van der Waals surface area contributed by atoms with E-state index in [0.29, 0.717) is 25.3 Å². The molecule has 1 saturated heterocycles. The average molecular weight is 447 g/mol. The van der Waals surface area contributed by atoms with Gasteiger partial charge in [0, 0.05) is 45.0 Å². The van der Waals surface area contributed by atoms with Crippen LogP contribution in [0.5, 0.6) is 0 Å². The smallest absolute Gasteiger partial charge is 0.238 e. The highest BCUT2D eigenvalue weighted by Crippen LogP contribution is 2.16. The Balaban J connectivity index is 1.75. The number of benzene rings is 1. The summed E-state index contributed by atoms with van der Waals surface area (Å²) in [6.07, 6.45) is 2.39. The Hall–Kier alpha value is -1.36. The number of rotatable bonds is 11. The van der Waals surface area contributed by atoms with Crippen molar-refractivity contribution in [2.75, 3.05) is 61.9 Å². The van der Waals surface area contributed by atoms with Crippen molar-refractivity contribution >= 4 is 33.4 Å². The minimum Gasteiger partial charge on any atom is -0.369 e. The highest BCUT2D eigenvalue weighted by atomic mass is 32.2. The van der Waals surface area contributed by atoms with E-state index in [1.54, 1.807) is 30.8 Å². The molecule has 29 heavy (non-hydrogen) atoms. The van der Waals surface area contributed by atoms with Crippen LogP contribution in [-0.4, -0.2) is 82.3 Å². The van der Waals surface area contributed by atoms with Crippen molar-refractivity contribution in [3.8, 4) is 0 Å². The fourth-order valence-electron chi connectivity index (χ4n) is 3.12. The minimum absolute atomic E-state index is 0.0472. The molecule has 1 amide bonds. The number of hydrogen-bond acceptors (Lipinski definition) is 6. The van der Waals surface area contributed by atoms with E-state index in [1.165, 1.54) is 12.1 Å². The molecule has 164 valence electrons. The molecule has 2 N–H and O–H groups in total. The zero-order valence-electron chi connectivity index (χ0n) is 17.1. The van der Waals surface area contributed by atoms with Gasteiger partial charge < -0.3 is 10.2 Å². The van der Waals surface area contributed by atoms with Gasteiger partial charge in [-0.05, 0) is 49.6 Å². The van der Waals surface area contributed by atoms with Crippen molar-refractivity contribution in [1.29, 1.82) is 0 Å². The number of hydrogen-bond donors (Lipinski definition) is 2. The molecule has 1 aliphatic heterocycles. The molecule has 10 heteroatoms. The van der Waals surface area contributed by atoms with Crippen LogP contribution in [0, 0.1) is 5.82 Å². The van der Waals surface area contributed by atoms with Gasteiger partial charge in [-0.25, -0.2) is 17.5 Å². The Labute approximate surface area is 177 Å². The van der Waals surface area contributed by atoms with E-state index in [4.69, 9.17) is 0 Å². The summed E-state index contributed by atoms with van der Waals surface area (Å²) in [7, 11) is -3.43. The third kappa shape index (κ3) is 8.12. The van der Waals surface area contributed by atoms with Gasteiger partial charge in [-0.3, -0.25) is 9.69 Å². The number of nitrogens with zero attached hydrogens (tertiary/aromatic N) is 2. The molecule has 0 saturated carbocycles. The summed E-state index contributed by atoms with van der Waals surface area (Å²) in [5.74, 6) is 0.144. The molecule has 1 aliphatic rings. The fourth-order valence-corrected chi connectivity index (χ4v) is 4.42. The molecule has 1 unspecified atom stereocenters. The molecule has 1 heterocycles. The molecule has 0 bridgehead atoms. The first-order chi connectivity index (χ1) is 13.8. The summed E-state index contributed by atoms with van der Waals surface area (Å²) >= 11 is 1.58. The molecule has 0 aliphatic carbocycles. The van der Waals surface area contributed by atoms with E-state index in [0.717, 1.165) is 31.9 Å². The Morgan fingerprint density at radius 2 is 1.86 bits per heavy atom. The first kappa shape index (κ1) is 23.9. The lowest BCUT2D eigenvalue weighted by atomic mass is 10.2. The van der Waals surface area contributed by atoms with Crippen molar-refractivity contribution in [2.45, 2.75) is 19.4 Å². The van der Waals surface area contributed by atoms with Crippen LogP contribution in [-0.2, 0) is 14.8 Å². The molecule has 2 rings (SSSR count). The van der Waals surface area contributed by atoms with Crippen LogP contribution in [0.3, 0.4) is 0 Å². The van der Waals surface area contributed by atoms with Gasteiger partial charge in [0.15, 0.2) is 0 Å². The number of piperazine rings is 1. The number of sulfonamides is 1. The van der Waals surface area contributed by atoms with E-state index in [9.17, 15) is 17.6 Å². The van der Waals surface area contributed by atoms with Gasteiger partial charge in [0.2, 0.25) is 15.9 Å². The normalized spacial score (nSPS) is 16.6. The predicted molar refractivity (Wildman–Crippen MR) is 117 cm³/mol. The highest BCUT2D eigenvalue weighted by Gasteiger charge is 2.23. The predicted octanol–water partition coefficient (Wildman–Crippen LogP) is 1.12. The monoisotopic (exact) mass is 446 g/mol. The van der Waals surface area contributed by atoms with E-state index in [1.807, 2.05) is 6.26 Å². The summed E-state index contributed by atoms with van der Waals surface area (Å²) in [6.45, 7) is 6.12. The van der Waals surface area contributed by atoms with Crippen molar-refractivity contribution in [1.82, 2.24) is 14.9 Å². The number of carbonyl (C=O) groups excluding carboxylic acids is 1. The SMILES string of the molecule is CCS(=O)(=O)NC(CCSC)C(=O)NCCN1CCN(c2ccc(F)cc2)CC1. The van der Waals surface area contributed by atoms with Crippen LogP contribution in [0.25, 0.3) is 0 Å². The molecule has 1 atom stereocenters. The first-order valence-electron chi connectivity index (χ1n) is 9.84. The third-order valence-corrected chi connectivity index (χ3v) is 6.97. The van der Waals surface area contributed by atoms with Gasteiger partial charge in [0.25, 0.3) is 0 Å². The lowest BCUT2D eigenvalue weighted by Crippen LogP contribution is -2.51. The van der Waals surface area contributed by atoms with Gasteiger partial charge >= 0.3 is 0 Å². The zero-order valence-corrected chi connectivity index (χ0v) is 18.7. The second-order valence-corrected chi connectivity index (χ2v) is 9.98. The van der Waals surface area contributed by atoms with E-state index in [2.05, 4.69) is 19.8 Å². The number of amides is 1. The molecule has 7 nitrogen and oxygen atoms in total. The number of thioether (sulfide) groups is 1. The van der Waals surface area contributed by atoms with Crippen LogP contribution in [0.15, 0.2) is 24.3 Å². The standard InChI is InChI=1S/C19H31FN4O3S2/c1-3-29(26,27)22-18(8-15-28-2)19(25)21-9-10-23-11-13-24(14-12-23)17-6-4-16(20)5-7-17/h4-7,18,22H,3,8-15H2,1-2H3,(H,21,25). The Morgan fingerprint density at radius 1 is 1.21 bits per heavy atom. The molecule has 0 aromatic heterocycles. The Morgan fingerprint density at radius 3 is 2.45 bits per heavy atom. The molecule has 1 aromatic carbocycles. The maximum atomic E-state index is 13.1. The molecule has 1 aromatic rings. The van der Waals surface area contributed by atoms with Crippen LogP contribution in [0.1, 0.15) is 13.3 Å². The maximum Gasteiger partial charge on any atom is 0.238 e. The first-order valence-corrected chi connectivity index (χ1v) is 12.9. The average Bonchev–Trinajstić information content (AvgIpc) is 2.72. The van der Waals surface area contributed by atoms with Crippen molar-refractivity contribution in [2.24, 2.45) is 0 Å². The largest absolute Gasteiger partial charge is 0.369 e. The van der Waals surface area contributed by atoms with E-state index in [-0.39, 0.29) is 17.5 Å². The quantitative estimate of drug-likeness (QED) is 0.530. The van der Waals surface area contributed by atoms with Gasteiger partial charge in [-0.15, -0.1) is 0 Å². The summed E-state index contributed by atoms with van der Waals surface area (Å²) < 4.78 is 39.2. The zero-order chi connectivity index (χ0) is 21.3. The van der Waals surface area contributed by atoms with Crippen LogP contribution in [0.4, 0.5) is 10.1 Å². The van der Waals surface area contributed by atoms with Gasteiger partial charge in [-0.2, -0.15) is 11.8 Å². The van der Waals surface area contributed by atoms with Crippen LogP contribution < -0.4 is 14.9 Å². The number of nitrogens with one attached hydrogen (secondary N) is 2. The Bertz CT molecular complexity index is 738. The summed E-state index contributed by atoms with van der Waals surface area (Å²) in [5.41, 5.74) is 1.01. The Kier molecular flexibility index (Phi) is 9.67. The van der Waals surface area contributed by atoms with Crippen LogP contribution >= 0.6 is 11.8 Å². The van der Waals surface area contributed by atoms with E-state index >= 15 is 0 Å². The van der Waals surface area contributed by atoms with Gasteiger partial charge in [-0.1, -0.05) is 0 Å². The van der Waals surface area contributed by atoms with Crippen molar-refractivity contribution < 1.29 is 17.6 Å². The maximum absolute atomic E-state index is 13.1. The molecular weight excluding hydrogens is 415 g/mol. The third-order valence-electron chi connectivity index (χ3n) is 4.92. The molecule has 1 fully saturated rings. The van der Waals surface area contributed by atoms with E-state index < -0.39 is 16.1 Å². The summed E-state index contributed by atoms with van der Waals surface area (Å²) in [4.78, 5) is 16.9. The van der Waals surface area contributed by atoms with Crippen molar-refractivity contribution in [3.63, 3.8) is 0 Å². The minimum atomic E-state index is -3.43. The highest BCUT2D eigenvalue weighted by molar-refractivity contribution is 7.98. The number of anilines is 1. The fraction of sp³-hybridized carbons (Fsp3) is 0.632. The second kappa shape index (κ2) is 11.7. The van der Waals surface area contributed by atoms with Gasteiger partial charge in [0.05, 0.1) is 5.75 Å². The number of halogens is 1. The molecular formula is C19H31FN4O3S2.